The molecule has 0 saturated carbocycles. The first-order valence-electron chi connectivity index (χ1n) is 8.37. The summed E-state index contributed by atoms with van der Waals surface area (Å²) in [4.78, 5) is 19.5. The summed E-state index contributed by atoms with van der Waals surface area (Å²) in [5, 5.41) is 0. The minimum atomic E-state index is -0.556. The smallest absolute Gasteiger partial charge is 0.218 e. The van der Waals surface area contributed by atoms with E-state index in [1.165, 1.54) is 13.2 Å². The molecule has 7 nitrogen and oxygen atoms in total. The van der Waals surface area contributed by atoms with Crippen LogP contribution in [0.2, 0.25) is 0 Å². The van der Waals surface area contributed by atoms with Crippen molar-refractivity contribution in [3.05, 3.63) is 48.1 Å². The van der Waals surface area contributed by atoms with Gasteiger partial charge in [0.1, 0.15) is 17.3 Å². The monoisotopic (exact) mass is 354 g/mol. The molecule has 0 amide bonds. The predicted octanol–water partition coefficient (Wildman–Crippen LogP) is 2.54. The summed E-state index contributed by atoms with van der Waals surface area (Å²) in [5.74, 6) is 1.07. The highest BCUT2D eigenvalue weighted by molar-refractivity contribution is 5.52. The molecule has 1 aliphatic rings. The van der Waals surface area contributed by atoms with Crippen molar-refractivity contribution in [2.24, 2.45) is 7.05 Å². The van der Waals surface area contributed by atoms with E-state index < -0.39 is 5.95 Å². The van der Waals surface area contributed by atoms with Crippen LogP contribution < -0.4 is 9.64 Å². The molecular weight excluding hydrogens is 335 g/mol. The molecule has 3 aromatic rings. The van der Waals surface area contributed by atoms with Crippen LogP contribution in [0.25, 0.3) is 11.5 Å². The Kier molecular flexibility index (Phi) is 4.02. The summed E-state index contributed by atoms with van der Waals surface area (Å²) in [7, 11) is 3.43. The lowest BCUT2D eigenvalue weighted by Gasteiger charge is -2.35. The normalized spacial score (nSPS) is 16.5. The minimum Gasteiger partial charge on any atom is -0.496 e. The largest absolute Gasteiger partial charge is 0.496 e. The second-order valence-corrected chi connectivity index (χ2v) is 6.33. The summed E-state index contributed by atoms with van der Waals surface area (Å²) in [6, 6.07) is 3.00. The number of methoxy groups -OCH3 is 1. The molecule has 0 saturated heterocycles. The van der Waals surface area contributed by atoms with Crippen LogP contribution in [0.4, 0.5) is 10.2 Å². The third-order valence-corrected chi connectivity index (χ3v) is 4.63. The number of aromatic nitrogens is 5. The van der Waals surface area contributed by atoms with Gasteiger partial charge in [-0.1, -0.05) is 0 Å². The molecule has 26 heavy (non-hydrogen) atoms. The third-order valence-electron chi connectivity index (χ3n) is 4.63. The lowest BCUT2D eigenvalue weighted by molar-refractivity contribution is 0.408. The Balaban J connectivity index is 1.67. The Morgan fingerprint density at radius 1 is 1.23 bits per heavy atom. The van der Waals surface area contributed by atoms with Crippen LogP contribution >= 0.6 is 0 Å². The first kappa shape index (κ1) is 16.4. The highest BCUT2D eigenvalue weighted by Crippen LogP contribution is 2.33. The highest BCUT2D eigenvalue weighted by atomic mass is 19.1. The molecule has 0 aromatic carbocycles. The zero-order valence-electron chi connectivity index (χ0n) is 14.8. The molecule has 4 rings (SSSR count). The van der Waals surface area contributed by atoms with E-state index in [4.69, 9.17) is 9.72 Å². The molecule has 4 heterocycles. The zero-order chi connectivity index (χ0) is 18.3. The number of fused-ring (bicyclic) bond motifs is 1. The van der Waals surface area contributed by atoms with Crippen LogP contribution in [-0.2, 0) is 13.5 Å². The van der Waals surface area contributed by atoms with Gasteiger partial charge in [0.25, 0.3) is 0 Å². The topological polar surface area (TPSA) is 69.0 Å². The lowest BCUT2D eigenvalue weighted by Crippen LogP contribution is -2.35. The summed E-state index contributed by atoms with van der Waals surface area (Å²) >= 11 is 0. The molecule has 1 aliphatic heterocycles. The van der Waals surface area contributed by atoms with Gasteiger partial charge in [-0.15, -0.1) is 0 Å². The average molecular weight is 354 g/mol. The fraction of sp³-hybridized carbons (Fsp3) is 0.333. The van der Waals surface area contributed by atoms with Crippen molar-refractivity contribution in [2.75, 3.05) is 18.6 Å². The number of pyridine rings is 1. The summed E-state index contributed by atoms with van der Waals surface area (Å²) in [6.45, 7) is 2.73. The molecule has 0 N–H and O–H groups in total. The van der Waals surface area contributed by atoms with Crippen LogP contribution in [0, 0.1) is 5.95 Å². The van der Waals surface area contributed by atoms with E-state index in [0.29, 0.717) is 23.9 Å². The van der Waals surface area contributed by atoms with Gasteiger partial charge in [0.2, 0.25) is 5.95 Å². The van der Waals surface area contributed by atoms with Crippen molar-refractivity contribution in [2.45, 2.75) is 19.4 Å². The van der Waals surface area contributed by atoms with Crippen molar-refractivity contribution < 1.29 is 9.13 Å². The molecule has 3 aromatic heterocycles. The molecule has 8 heteroatoms. The molecule has 1 atom stereocenters. The number of anilines is 1. The molecule has 0 radical (unpaired) electrons. The Morgan fingerprint density at radius 3 is 2.81 bits per heavy atom. The Morgan fingerprint density at radius 2 is 2.08 bits per heavy atom. The van der Waals surface area contributed by atoms with E-state index in [9.17, 15) is 4.39 Å². The molecule has 0 aliphatic carbocycles. The van der Waals surface area contributed by atoms with Crippen LogP contribution in [0.1, 0.15) is 24.2 Å². The van der Waals surface area contributed by atoms with E-state index in [2.05, 4.69) is 15.0 Å². The van der Waals surface area contributed by atoms with Gasteiger partial charge in [-0.2, -0.15) is 4.39 Å². The zero-order valence-corrected chi connectivity index (χ0v) is 14.8. The predicted molar refractivity (Wildman–Crippen MR) is 94.4 cm³/mol. The SMILES string of the molecule is COc1cc(F)nc(N2CCc3nc(-c4cn(C)cn4)ncc3C2C)c1. The third kappa shape index (κ3) is 2.87. The minimum absolute atomic E-state index is 0.0180. The summed E-state index contributed by atoms with van der Waals surface area (Å²) in [5.41, 5.74) is 2.76. The van der Waals surface area contributed by atoms with Crippen molar-refractivity contribution in [3.8, 4) is 17.3 Å². The van der Waals surface area contributed by atoms with Crippen molar-refractivity contribution in [3.63, 3.8) is 0 Å². The van der Waals surface area contributed by atoms with E-state index in [1.807, 2.05) is 35.8 Å². The molecule has 0 spiro atoms. The summed E-state index contributed by atoms with van der Waals surface area (Å²) < 4.78 is 20.8. The van der Waals surface area contributed by atoms with E-state index >= 15 is 0 Å². The average Bonchev–Trinajstić information content (AvgIpc) is 3.07. The first-order valence-corrected chi connectivity index (χ1v) is 8.37. The lowest BCUT2D eigenvalue weighted by atomic mass is 9.99. The van der Waals surface area contributed by atoms with Crippen molar-refractivity contribution >= 4 is 5.82 Å². The number of rotatable bonds is 3. The van der Waals surface area contributed by atoms with Crippen LogP contribution in [-0.4, -0.2) is 38.2 Å². The maximum atomic E-state index is 13.8. The van der Waals surface area contributed by atoms with Crippen LogP contribution in [0.3, 0.4) is 0 Å². The number of hydrogen-bond donors (Lipinski definition) is 0. The van der Waals surface area contributed by atoms with E-state index in [0.717, 1.165) is 23.4 Å². The number of nitrogens with zero attached hydrogens (tertiary/aromatic N) is 6. The Bertz CT molecular complexity index is 957. The summed E-state index contributed by atoms with van der Waals surface area (Å²) in [6.07, 6.45) is 6.18. The molecule has 134 valence electrons. The molecule has 0 fully saturated rings. The van der Waals surface area contributed by atoms with Gasteiger partial charge < -0.3 is 14.2 Å². The fourth-order valence-corrected chi connectivity index (χ4v) is 3.25. The van der Waals surface area contributed by atoms with Crippen LogP contribution in [0.5, 0.6) is 5.75 Å². The second-order valence-electron chi connectivity index (χ2n) is 6.33. The van der Waals surface area contributed by atoms with Crippen molar-refractivity contribution in [1.82, 2.24) is 24.5 Å². The Hall–Kier alpha value is -3.03. The van der Waals surface area contributed by atoms with Gasteiger partial charge in [-0.25, -0.2) is 19.9 Å². The molecular formula is C18H19FN6O. The van der Waals surface area contributed by atoms with Crippen LogP contribution in [0.15, 0.2) is 30.9 Å². The van der Waals surface area contributed by atoms with Gasteiger partial charge in [-0.05, 0) is 6.92 Å². The number of ether oxygens (including phenoxy) is 1. The fourth-order valence-electron chi connectivity index (χ4n) is 3.25. The first-order chi connectivity index (χ1) is 12.5. The van der Waals surface area contributed by atoms with Gasteiger partial charge in [0.15, 0.2) is 5.82 Å². The van der Waals surface area contributed by atoms with Gasteiger partial charge in [0.05, 0.1) is 25.2 Å². The van der Waals surface area contributed by atoms with Crippen molar-refractivity contribution in [1.29, 1.82) is 0 Å². The molecule has 1 unspecified atom stereocenters. The number of halogens is 1. The number of hydrogen-bond acceptors (Lipinski definition) is 6. The maximum Gasteiger partial charge on any atom is 0.218 e. The maximum absolute atomic E-state index is 13.8. The standard InChI is InChI=1S/C18H19FN6O/c1-11-13-8-20-18(15-9-24(2)10-21-15)22-14(13)4-5-25(11)17-7-12(26-3)6-16(19)23-17/h6-11H,4-5H2,1-3H3. The van der Waals surface area contributed by atoms with E-state index in [1.54, 1.807) is 12.4 Å². The number of aryl methyl sites for hydroxylation is 1. The van der Waals surface area contributed by atoms with E-state index in [-0.39, 0.29) is 6.04 Å². The van der Waals surface area contributed by atoms with Gasteiger partial charge >= 0.3 is 0 Å². The van der Waals surface area contributed by atoms with Gasteiger partial charge in [-0.3, -0.25) is 0 Å². The van der Waals surface area contributed by atoms with Gasteiger partial charge in [0, 0.05) is 50.1 Å². The highest BCUT2D eigenvalue weighted by Gasteiger charge is 2.27. The molecule has 0 bridgehead atoms. The quantitative estimate of drug-likeness (QED) is 0.673. The Labute approximate surface area is 150 Å². The second kappa shape index (κ2) is 6.36. The number of imidazole rings is 1.